The van der Waals surface area contributed by atoms with Crippen molar-refractivity contribution in [1.82, 2.24) is 15.2 Å². The molecule has 1 saturated heterocycles. The van der Waals surface area contributed by atoms with E-state index in [1.54, 1.807) is 47.5 Å². The predicted octanol–water partition coefficient (Wildman–Crippen LogP) is 3.42. The molecule has 0 aliphatic carbocycles. The third-order valence-corrected chi connectivity index (χ3v) is 4.74. The minimum atomic E-state index is -0.248. The Labute approximate surface area is 155 Å². The van der Waals surface area contributed by atoms with E-state index in [-0.39, 0.29) is 17.9 Å². The molecule has 1 N–H and O–H groups in total. The molecule has 0 radical (unpaired) electrons. The van der Waals surface area contributed by atoms with E-state index < -0.39 is 0 Å². The average molecular weight is 378 g/mol. The van der Waals surface area contributed by atoms with Crippen molar-refractivity contribution in [3.63, 3.8) is 0 Å². The topological polar surface area (TPSA) is 62.3 Å². The monoisotopic (exact) mass is 377 g/mol. The molecule has 2 heterocycles. The predicted molar refractivity (Wildman–Crippen MR) is 97.1 cm³/mol. The Morgan fingerprint density at radius 1 is 1.12 bits per heavy atom. The van der Waals surface area contributed by atoms with E-state index in [4.69, 9.17) is 23.2 Å². The standard InChI is InChI=1S/C18H17Cl2N3O2/c19-12-4-5-15(20)14(11-12)17(24)22-13-6-9-23(10-7-13)18(25)16-3-1-2-8-21-16/h1-5,8,11,13H,6-7,9-10H2,(H,22,24). The minimum Gasteiger partial charge on any atom is -0.349 e. The summed E-state index contributed by atoms with van der Waals surface area (Å²) in [6.07, 6.45) is 2.97. The van der Waals surface area contributed by atoms with Crippen LogP contribution in [0, 0.1) is 0 Å². The molecule has 2 amide bonds. The van der Waals surface area contributed by atoms with Crippen LogP contribution in [0.4, 0.5) is 0 Å². The van der Waals surface area contributed by atoms with Crippen molar-refractivity contribution in [2.75, 3.05) is 13.1 Å². The number of halogens is 2. The van der Waals surface area contributed by atoms with Gasteiger partial charge in [0.25, 0.3) is 11.8 Å². The van der Waals surface area contributed by atoms with Gasteiger partial charge in [-0.15, -0.1) is 0 Å². The average Bonchev–Trinajstić information content (AvgIpc) is 2.64. The Morgan fingerprint density at radius 2 is 1.88 bits per heavy atom. The van der Waals surface area contributed by atoms with Crippen molar-refractivity contribution in [1.29, 1.82) is 0 Å². The van der Waals surface area contributed by atoms with E-state index in [1.165, 1.54) is 0 Å². The van der Waals surface area contributed by atoms with Gasteiger partial charge in [0, 0.05) is 30.4 Å². The number of likely N-dealkylation sites (tertiary alicyclic amines) is 1. The number of aromatic nitrogens is 1. The number of hydrogen-bond acceptors (Lipinski definition) is 3. The van der Waals surface area contributed by atoms with Crippen LogP contribution in [0.15, 0.2) is 42.6 Å². The lowest BCUT2D eigenvalue weighted by Gasteiger charge is -2.32. The molecule has 0 spiro atoms. The summed E-state index contributed by atoms with van der Waals surface area (Å²) >= 11 is 12.0. The number of nitrogens with one attached hydrogen (secondary N) is 1. The zero-order valence-electron chi connectivity index (χ0n) is 13.4. The van der Waals surface area contributed by atoms with Crippen LogP contribution < -0.4 is 5.32 Å². The number of hydrogen-bond donors (Lipinski definition) is 1. The van der Waals surface area contributed by atoms with Crippen LogP contribution in [0.25, 0.3) is 0 Å². The normalized spacial score (nSPS) is 15.0. The van der Waals surface area contributed by atoms with Gasteiger partial charge in [-0.2, -0.15) is 0 Å². The number of piperidine rings is 1. The van der Waals surface area contributed by atoms with E-state index in [2.05, 4.69) is 10.3 Å². The first-order valence-corrected chi connectivity index (χ1v) is 8.76. The van der Waals surface area contributed by atoms with Gasteiger partial charge in [-0.25, -0.2) is 0 Å². The maximum absolute atomic E-state index is 12.4. The number of rotatable bonds is 3. The van der Waals surface area contributed by atoms with E-state index in [9.17, 15) is 9.59 Å². The number of nitrogens with zero attached hydrogens (tertiary/aromatic N) is 2. The fourth-order valence-electron chi connectivity index (χ4n) is 2.81. The maximum Gasteiger partial charge on any atom is 0.272 e. The summed E-state index contributed by atoms with van der Waals surface area (Å²) < 4.78 is 0. The van der Waals surface area contributed by atoms with Gasteiger partial charge in [-0.1, -0.05) is 29.3 Å². The summed E-state index contributed by atoms with van der Waals surface area (Å²) in [5, 5.41) is 3.80. The van der Waals surface area contributed by atoms with E-state index in [0.29, 0.717) is 47.2 Å². The summed E-state index contributed by atoms with van der Waals surface area (Å²) in [5.41, 5.74) is 0.803. The first kappa shape index (κ1) is 17.7. The molecule has 1 aliphatic rings. The Bertz CT molecular complexity index is 775. The highest BCUT2D eigenvalue weighted by atomic mass is 35.5. The molecule has 130 valence electrons. The Morgan fingerprint density at radius 3 is 2.56 bits per heavy atom. The Kier molecular flexibility index (Phi) is 5.56. The molecule has 1 aromatic carbocycles. The van der Waals surface area contributed by atoms with E-state index in [1.807, 2.05) is 0 Å². The number of amides is 2. The fourth-order valence-corrected chi connectivity index (χ4v) is 3.19. The summed E-state index contributed by atoms with van der Waals surface area (Å²) in [7, 11) is 0. The molecule has 1 fully saturated rings. The molecule has 0 atom stereocenters. The van der Waals surface area contributed by atoms with Crippen molar-refractivity contribution in [3.05, 3.63) is 63.9 Å². The van der Waals surface area contributed by atoms with E-state index in [0.717, 1.165) is 0 Å². The van der Waals surface area contributed by atoms with Crippen LogP contribution in [0.5, 0.6) is 0 Å². The smallest absolute Gasteiger partial charge is 0.272 e. The number of benzene rings is 1. The first-order valence-electron chi connectivity index (χ1n) is 8.01. The van der Waals surface area contributed by atoms with Crippen LogP contribution in [0.2, 0.25) is 10.0 Å². The van der Waals surface area contributed by atoms with Crippen LogP contribution in [0.1, 0.15) is 33.7 Å². The lowest BCUT2D eigenvalue weighted by Crippen LogP contribution is -2.46. The quantitative estimate of drug-likeness (QED) is 0.890. The van der Waals surface area contributed by atoms with Crippen LogP contribution >= 0.6 is 23.2 Å². The van der Waals surface area contributed by atoms with Crippen molar-refractivity contribution in [2.24, 2.45) is 0 Å². The van der Waals surface area contributed by atoms with Gasteiger partial charge in [0.15, 0.2) is 0 Å². The highest BCUT2D eigenvalue weighted by Gasteiger charge is 2.25. The van der Waals surface area contributed by atoms with E-state index >= 15 is 0 Å². The molecule has 2 aromatic rings. The minimum absolute atomic E-state index is 0.00432. The number of carbonyl (C=O) groups excluding carboxylic acids is 2. The highest BCUT2D eigenvalue weighted by Crippen LogP contribution is 2.21. The lowest BCUT2D eigenvalue weighted by atomic mass is 10.0. The first-order chi connectivity index (χ1) is 12.0. The van der Waals surface area contributed by atoms with Gasteiger partial charge in [0.1, 0.15) is 5.69 Å². The van der Waals surface area contributed by atoms with Gasteiger partial charge in [0.2, 0.25) is 0 Å². The lowest BCUT2D eigenvalue weighted by molar-refractivity contribution is 0.0692. The van der Waals surface area contributed by atoms with Crippen molar-refractivity contribution in [2.45, 2.75) is 18.9 Å². The SMILES string of the molecule is O=C(NC1CCN(C(=O)c2ccccn2)CC1)c1cc(Cl)ccc1Cl. The van der Waals surface area contributed by atoms with Gasteiger partial charge >= 0.3 is 0 Å². The molecular weight excluding hydrogens is 361 g/mol. The largest absolute Gasteiger partial charge is 0.349 e. The zero-order valence-corrected chi connectivity index (χ0v) is 14.9. The second kappa shape index (κ2) is 7.85. The maximum atomic E-state index is 12.4. The second-order valence-corrected chi connectivity index (χ2v) is 6.72. The molecule has 1 aromatic heterocycles. The highest BCUT2D eigenvalue weighted by molar-refractivity contribution is 6.35. The molecule has 0 bridgehead atoms. The molecular formula is C18H17Cl2N3O2. The number of carbonyl (C=O) groups is 2. The molecule has 0 saturated carbocycles. The molecule has 1 aliphatic heterocycles. The molecule has 7 heteroatoms. The molecule has 5 nitrogen and oxygen atoms in total. The molecule has 3 rings (SSSR count). The van der Waals surface area contributed by atoms with Crippen LogP contribution in [-0.2, 0) is 0 Å². The van der Waals surface area contributed by atoms with Crippen molar-refractivity contribution in [3.8, 4) is 0 Å². The second-order valence-electron chi connectivity index (χ2n) is 5.88. The Hall–Kier alpha value is -2.11. The summed E-state index contributed by atoms with van der Waals surface area (Å²) in [5.74, 6) is -0.328. The third kappa shape index (κ3) is 4.30. The summed E-state index contributed by atoms with van der Waals surface area (Å²) in [4.78, 5) is 30.6. The van der Waals surface area contributed by atoms with Gasteiger partial charge in [-0.05, 0) is 43.2 Å². The van der Waals surface area contributed by atoms with Crippen molar-refractivity contribution >= 4 is 35.0 Å². The van der Waals surface area contributed by atoms with Gasteiger partial charge in [-0.3, -0.25) is 14.6 Å². The summed E-state index contributed by atoms with van der Waals surface area (Å²) in [6.45, 7) is 1.15. The molecule has 25 heavy (non-hydrogen) atoms. The summed E-state index contributed by atoms with van der Waals surface area (Å²) in [6, 6.07) is 10.1. The number of pyridine rings is 1. The van der Waals surface area contributed by atoms with Crippen LogP contribution in [0.3, 0.4) is 0 Å². The van der Waals surface area contributed by atoms with Crippen LogP contribution in [-0.4, -0.2) is 40.8 Å². The zero-order chi connectivity index (χ0) is 17.8. The fraction of sp³-hybridized carbons (Fsp3) is 0.278. The third-order valence-electron chi connectivity index (χ3n) is 4.17. The Balaban J connectivity index is 1.57. The molecule has 0 unspecified atom stereocenters. The van der Waals surface area contributed by atoms with Gasteiger partial charge < -0.3 is 10.2 Å². The van der Waals surface area contributed by atoms with Gasteiger partial charge in [0.05, 0.1) is 10.6 Å². The van der Waals surface area contributed by atoms with Crippen molar-refractivity contribution < 1.29 is 9.59 Å².